The van der Waals surface area contributed by atoms with Crippen LogP contribution in [-0.2, 0) is 16.4 Å². The minimum atomic E-state index is -2.94. The molecule has 1 atom stereocenters. The molecule has 1 aromatic rings. The SMILES string of the molecule is CC1(NCc2cc(Br)ccc2F)CCS(=O)(=O)C1. The van der Waals surface area contributed by atoms with Gasteiger partial charge < -0.3 is 5.32 Å². The van der Waals surface area contributed by atoms with Crippen LogP contribution in [0.25, 0.3) is 0 Å². The van der Waals surface area contributed by atoms with Gasteiger partial charge in [0.15, 0.2) is 9.84 Å². The number of benzene rings is 1. The molecule has 0 saturated carbocycles. The fourth-order valence-corrected chi connectivity index (χ4v) is 4.67. The molecule has 1 aliphatic heterocycles. The summed E-state index contributed by atoms with van der Waals surface area (Å²) in [7, 11) is -2.94. The molecule has 1 fully saturated rings. The van der Waals surface area contributed by atoms with Gasteiger partial charge in [-0.15, -0.1) is 0 Å². The highest BCUT2D eigenvalue weighted by molar-refractivity contribution is 9.10. The Hall–Kier alpha value is -0.460. The van der Waals surface area contributed by atoms with E-state index in [0.717, 1.165) is 4.47 Å². The molecular formula is C12H15BrFNO2S. The molecule has 2 rings (SSSR count). The Bertz CT molecular complexity index is 561. The van der Waals surface area contributed by atoms with Gasteiger partial charge in [0.1, 0.15) is 5.82 Å². The first-order chi connectivity index (χ1) is 8.30. The summed E-state index contributed by atoms with van der Waals surface area (Å²) in [6.07, 6.45) is 0.574. The third-order valence-corrected chi connectivity index (χ3v) is 5.61. The zero-order valence-corrected chi connectivity index (χ0v) is 12.4. The van der Waals surface area contributed by atoms with Crippen molar-refractivity contribution in [3.8, 4) is 0 Å². The van der Waals surface area contributed by atoms with E-state index in [1.165, 1.54) is 6.07 Å². The first kappa shape index (κ1) is 14.0. The zero-order chi connectivity index (χ0) is 13.4. The smallest absolute Gasteiger partial charge is 0.152 e. The maximum Gasteiger partial charge on any atom is 0.152 e. The molecule has 0 amide bonds. The minimum Gasteiger partial charge on any atom is -0.306 e. The minimum absolute atomic E-state index is 0.121. The van der Waals surface area contributed by atoms with Crippen molar-refractivity contribution in [3.05, 3.63) is 34.1 Å². The molecule has 0 bridgehead atoms. The number of halogens is 2. The number of rotatable bonds is 3. The van der Waals surface area contributed by atoms with Crippen LogP contribution in [0.4, 0.5) is 4.39 Å². The summed E-state index contributed by atoms with van der Waals surface area (Å²) in [6, 6.07) is 4.74. The molecule has 18 heavy (non-hydrogen) atoms. The molecule has 1 unspecified atom stereocenters. The fourth-order valence-electron chi connectivity index (χ4n) is 2.14. The highest BCUT2D eigenvalue weighted by atomic mass is 79.9. The maximum atomic E-state index is 13.5. The average Bonchev–Trinajstić information content (AvgIpc) is 2.55. The lowest BCUT2D eigenvalue weighted by atomic mass is 10.0. The van der Waals surface area contributed by atoms with Crippen LogP contribution in [-0.4, -0.2) is 25.5 Å². The first-order valence-electron chi connectivity index (χ1n) is 5.69. The van der Waals surface area contributed by atoms with Gasteiger partial charge in [-0.1, -0.05) is 15.9 Å². The van der Waals surface area contributed by atoms with E-state index in [4.69, 9.17) is 0 Å². The third-order valence-electron chi connectivity index (χ3n) is 3.22. The van der Waals surface area contributed by atoms with Gasteiger partial charge in [0, 0.05) is 22.1 Å². The lowest BCUT2D eigenvalue weighted by Gasteiger charge is -2.24. The number of sulfone groups is 1. The third kappa shape index (κ3) is 3.30. The molecule has 1 aliphatic rings. The quantitative estimate of drug-likeness (QED) is 0.921. The average molecular weight is 336 g/mol. The van der Waals surface area contributed by atoms with Gasteiger partial charge in [-0.3, -0.25) is 0 Å². The van der Waals surface area contributed by atoms with Crippen molar-refractivity contribution in [3.63, 3.8) is 0 Å². The van der Waals surface area contributed by atoms with Gasteiger partial charge in [0.25, 0.3) is 0 Å². The second-order valence-electron chi connectivity index (χ2n) is 4.99. The van der Waals surface area contributed by atoms with Crippen LogP contribution in [0.3, 0.4) is 0 Å². The summed E-state index contributed by atoms with van der Waals surface area (Å²) in [5.74, 6) is 0.0442. The molecule has 1 aromatic carbocycles. The molecule has 100 valence electrons. The van der Waals surface area contributed by atoms with Crippen LogP contribution in [0.1, 0.15) is 18.9 Å². The highest BCUT2D eigenvalue weighted by Crippen LogP contribution is 2.24. The number of hydrogen-bond donors (Lipinski definition) is 1. The Morgan fingerprint density at radius 3 is 2.83 bits per heavy atom. The van der Waals surface area contributed by atoms with E-state index in [2.05, 4.69) is 21.2 Å². The van der Waals surface area contributed by atoms with Crippen LogP contribution in [0, 0.1) is 5.82 Å². The molecule has 0 aliphatic carbocycles. The van der Waals surface area contributed by atoms with Crippen LogP contribution >= 0.6 is 15.9 Å². The summed E-state index contributed by atoms with van der Waals surface area (Å²) >= 11 is 3.29. The van der Waals surface area contributed by atoms with Crippen molar-refractivity contribution in [2.75, 3.05) is 11.5 Å². The Labute approximate surface area is 115 Å². The topological polar surface area (TPSA) is 46.2 Å². The molecule has 1 saturated heterocycles. The van der Waals surface area contributed by atoms with Crippen molar-refractivity contribution in [2.45, 2.75) is 25.4 Å². The monoisotopic (exact) mass is 335 g/mol. The van der Waals surface area contributed by atoms with Gasteiger partial charge in [0.2, 0.25) is 0 Å². The maximum absolute atomic E-state index is 13.5. The zero-order valence-electron chi connectivity index (χ0n) is 10.0. The van der Waals surface area contributed by atoms with Crippen LogP contribution in [0.15, 0.2) is 22.7 Å². The summed E-state index contributed by atoms with van der Waals surface area (Å²) in [6.45, 7) is 2.20. The second-order valence-corrected chi connectivity index (χ2v) is 8.09. The molecular weight excluding hydrogens is 321 g/mol. The van der Waals surface area contributed by atoms with E-state index < -0.39 is 15.4 Å². The van der Waals surface area contributed by atoms with Gasteiger partial charge in [-0.05, 0) is 31.5 Å². The lowest BCUT2D eigenvalue weighted by Crippen LogP contribution is -2.43. The van der Waals surface area contributed by atoms with Crippen LogP contribution in [0.2, 0.25) is 0 Å². The van der Waals surface area contributed by atoms with E-state index in [0.29, 0.717) is 18.5 Å². The Balaban J connectivity index is 2.06. The standard InChI is InChI=1S/C12H15BrFNO2S/c1-12(4-5-18(16,17)8-12)15-7-9-6-10(13)2-3-11(9)14/h2-3,6,15H,4-5,7-8H2,1H3. The molecule has 0 aromatic heterocycles. The van der Waals surface area contributed by atoms with Crippen molar-refractivity contribution in [1.82, 2.24) is 5.32 Å². The molecule has 0 radical (unpaired) electrons. The largest absolute Gasteiger partial charge is 0.306 e. The van der Waals surface area contributed by atoms with Crippen LogP contribution < -0.4 is 5.32 Å². The second kappa shape index (κ2) is 4.90. The molecule has 1 N–H and O–H groups in total. The van der Waals surface area contributed by atoms with Gasteiger partial charge in [-0.2, -0.15) is 0 Å². The van der Waals surface area contributed by atoms with Gasteiger partial charge in [0.05, 0.1) is 11.5 Å². The van der Waals surface area contributed by atoms with E-state index >= 15 is 0 Å². The van der Waals surface area contributed by atoms with E-state index in [1.807, 2.05) is 6.92 Å². The molecule has 1 heterocycles. The number of nitrogens with one attached hydrogen (secondary N) is 1. The number of hydrogen-bond acceptors (Lipinski definition) is 3. The van der Waals surface area contributed by atoms with Crippen LogP contribution in [0.5, 0.6) is 0 Å². The van der Waals surface area contributed by atoms with Crippen molar-refractivity contribution >= 4 is 25.8 Å². The Kier molecular flexibility index (Phi) is 3.80. The molecule has 6 heteroatoms. The fraction of sp³-hybridized carbons (Fsp3) is 0.500. The summed E-state index contributed by atoms with van der Waals surface area (Å²) in [5.41, 5.74) is 0.0861. The summed E-state index contributed by atoms with van der Waals surface area (Å²) < 4.78 is 37.3. The lowest BCUT2D eigenvalue weighted by molar-refractivity contribution is 0.391. The van der Waals surface area contributed by atoms with Crippen molar-refractivity contribution in [1.29, 1.82) is 0 Å². The predicted molar refractivity (Wildman–Crippen MR) is 72.6 cm³/mol. The predicted octanol–water partition coefficient (Wildman–Crippen LogP) is 2.25. The van der Waals surface area contributed by atoms with Crippen molar-refractivity contribution in [2.24, 2.45) is 0 Å². The summed E-state index contributed by atoms with van der Waals surface area (Å²) in [4.78, 5) is 0. The molecule has 3 nitrogen and oxygen atoms in total. The Morgan fingerprint density at radius 1 is 1.50 bits per heavy atom. The first-order valence-corrected chi connectivity index (χ1v) is 8.31. The van der Waals surface area contributed by atoms with Crippen molar-refractivity contribution < 1.29 is 12.8 Å². The normalized spacial score (nSPS) is 26.4. The highest BCUT2D eigenvalue weighted by Gasteiger charge is 2.37. The van der Waals surface area contributed by atoms with Gasteiger partial charge >= 0.3 is 0 Å². The van der Waals surface area contributed by atoms with E-state index in [-0.39, 0.29) is 17.3 Å². The molecule has 0 spiro atoms. The summed E-state index contributed by atoms with van der Waals surface area (Å²) in [5, 5.41) is 3.16. The Morgan fingerprint density at radius 2 is 2.22 bits per heavy atom. The van der Waals surface area contributed by atoms with E-state index in [1.54, 1.807) is 12.1 Å². The van der Waals surface area contributed by atoms with E-state index in [9.17, 15) is 12.8 Å². The van der Waals surface area contributed by atoms with Gasteiger partial charge in [-0.25, -0.2) is 12.8 Å².